The Hall–Kier alpha value is -1.93. The lowest BCUT2D eigenvalue weighted by molar-refractivity contribution is -0.120. The van der Waals surface area contributed by atoms with Crippen molar-refractivity contribution in [2.24, 2.45) is 0 Å². The van der Waals surface area contributed by atoms with Crippen LogP contribution in [-0.4, -0.2) is 31.4 Å². The minimum atomic E-state index is -0.480. The van der Waals surface area contributed by atoms with Crippen molar-refractivity contribution < 1.29 is 9.18 Å². The van der Waals surface area contributed by atoms with Crippen LogP contribution in [0.25, 0.3) is 0 Å². The number of carbonyl (C=O) groups is 1. The summed E-state index contributed by atoms with van der Waals surface area (Å²) in [6.07, 6.45) is 0.368. The fourth-order valence-electron chi connectivity index (χ4n) is 1.58. The van der Waals surface area contributed by atoms with E-state index in [1.165, 1.54) is 6.07 Å². The molecule has 0 saturated heterocycles. The van der Waals surface area contributed by atoms with E-state index in [0.717, 1.165) is 0 Å². The van der Waals surface area contributed by atoms with E-state index in [1.54, 1.807) is 26.2 Å². The first-order valence-electron chi connectivity index (χ1n) is 5.65. The highest BCUT2D eigenvalue weighted by Crippen LogP contribution is 2.13. The molecule has 1 rings (SSSR count). The number of amides is 1. The number of halogens is 1. The van der Waals surface area contributed by atoms with Crippen LogP contribution in [0.15, 0.2) is 18.2 Å². The van der Waals surface area contributed by atoms with E-state index in [-0.39, 0.29) is 11.5 Å². The molecule has 1 amide bonds. The molecule has 0 saturated carbocycles. The van der Waals surface area contributed by atoms with Crippen LogP contribution < -0.4 is 5.32 Å². The van der Waals surface area contributed by atoms with Crippen molar-refractivity contribution in [2.75, 3.05) is 20.6 Å². The molecule has 5 heteroatoms. The Kier molecular flexibility index (Phi) is 5.28. The third-order valence-electron chi connectivity index (χ3n) is 2.64. The largest absolute Gasteiger partial charge is 0.359 e. The van der Waals surface area contributed by atoms with Gasteiger partial charge in [0.25, 0.3) is 0 Å². The summed E-state index contributed by atoms with van der Waals surface area (Å²) in [5, 5.41) is 11.3. The Balaban J connectivity index is 2.62. The number of hydrogen-bond donors (Lipinski definition) is 1. The van der Waals surface area contributed by atoms with Crippen molar-refractivity contribution in [2.45, 2.75) is 13.0 Å². The molecule has 4 nitrogen and oxygen atoms in total. The second-order valence-electron chi connectivity index (χ2n) is 4.05. The summed E-state index contributed by atoms with van der Waals surface area (Å²) in [7, 11) is 3.39. The summed E-state index contributed by atoms with van der Waals surface area (Å²) in [6, 6.07) is 6.56. The molecule has 0 aliphatic rings. The fraction of sp³-hybridized carbons (Fsp3) is 0.385. The summed E-state index contributed by atoms with van der Waals surface area (Å²) in [5.41, 5.74) is 0.514. The van der Waals surface area contributed by atoms with Crippen molar-refractivity contribution in [3.63, 3.8) is 0 Å². The molecule has 96 valence electrons. The number of rotatable bonds is 5. The van der Waals surface area contributed by atoms with E-state index in [2.05, 4.69) is 5.32 Å². The molecule has 0 atom stereocenters. The molecule has 0 unspecified atom stereocenters. The molecule has 0 aliphatic carbocycles. The van der Waals surface area contributed by atoms with Gasteiger partial charge in [0.1, 0.15) is 11.9 Å². The number of benzene rings is 1. The molecule has 1 N–H and O–H groups in total. The number of hydrogen-bond acceptors (Lipinski definition) is 3. The Bertz CT molecular complexity index is 468. The van der Waals surface area contributed by atoms with Crippen LogP contribution in [0.3, 0.4) is 0 Å². The highest BCUT2D eigenvalue weighted by molar-refractivity contribution is 5.75. The first-order valence-corrected chi connectivity index (χ1v) is 5.65. The smallest absolute Gasteiger partial charge is 0.221 e. The Morgan fingerprint density at radius 2 is 2.28 bits per heavy atom. The van der Waals surface area contributed by atoms with Gasteiger partial charge in [-0.1, -0.05) is 12.1 Å². The Labute approximate surface area is 106 Å². The van der Waals surface area contributed by atoms with Gasteiger partial charge >= 0.3 is 0 Å². The molecule has 0 spiro atoms. The lowest BCUT2D eigenvalue weighted by Gasteiger charge is -2.16. The molecular formula is C13H16FN3O. The van der Waals surface area contributed by atoms with Crippen LogP contribution in [0, 0.1) is 17.1 Å². The number of carbonyl (C=O) groups excluding carboxylic acids is 1. The predicted octanol–water partition coefficient (Wildman–Crippen LogP) is 1.27. The molecule has 1 aromatic rings. The standard InChI is InChI=1S/C13H16FN3O/c1-16-12(18)6-7-17(2)9-11-5-3-4-10(8-15)13(11)14/h3-5H,6-7,9H2,1-2H3,(H,16,18). The van der Waals surface area contributed by atoms with Crippen LogP contribution in [0.1, 0.15) is 17.5 Å². The first kappa shape index (κ1) is 14.1. The Morgan fingerprint density at radius 3 is 2.89 bits per heavy atom. The van der Waals surface area contributed by atoms with E-state index in [4.69, 9.17) is 5.26 Å². The SMILES string of the molecule is CNC(=O)CCN(C)Cc1cccc(C#N)c1F. The Morgan fingerprint density at radius 1 is 1.56 bits per heavy atom. The summed E-state index contributed by atoms with van der Waals surface area (Å²) in [4.78, 5) is 12.9. The molecule has 0 bridgehead atoms. The van der Waals surface area contributed by atoms with Gasteiger partial charge in [-0.05, 0) is 13.1 Å². The zero-order valence-corrected chi connectivity index (χ0v) is 10.5. The third kappa shape index (κ3) is 3.82. The molecule has 1 aromatic carbocycles. The number of nitrogens with one attached hydrogen (secondary N) is 1. The highest BCUT2D eigenvalue weighted by Gasteiger charge is 2.10. The molecule has 0 fully saturated rings. The maximum atomic E-state index is 13.8. The van der Waals surface area contributed by atoms with Gasteiger partial charge in [0.15, 0.2) is 0 Å². The van der Waals surface area contributed by atoms with E-state index >= 15 is 0 Å². The van der Waals surface area contributed by atoms with Crippen molar-refractivity contribution in [3.8, 4) is 6.07 Å². The van der Waals surface area contributed by atoms with E-state index in [1.807, 2.05) is 11.0 Å². The van der Waals surface area contributed by atoms with E-state index in [9.17, 15) is 9.18 Å². The summed E-state index contributed by atoms with van der Waals surface area (Å²) >= 11 is 0. The predicted molar refractivity (Wildman–Crippen MR) is 66.1 cm³/mol. The van der Waals surface area contributed by atoms with E-state index < -0.39 is 5.82 Å². The maximum Gasteiger partial charge on any atom is 0.221 e. The van der Waals surface area contributed by atoms with Crippen molar-refractivity contribution >= 4 is 5.91 Å². The minimum absolute atomic E-state index is 0.0481. The van der Waals surface area contributed by atoms with Gasteiger partial charge in [0.05, 0.1) is 5.56 Å². The van der Waals surface area contributed by atoms with Gasteiger partial charge in [0, 0.05) is 32.1 Å². The number of nitrogens with zero attached hydrogens (tertiary/aromatic N) is 2. The molecule has 18 heavy (non-hydrogen) atoms. The maximum absolute atomic E-state index is 13.8. The van der Waals surface area contributed by atoms with Gasteiger partial charge in [-0.3, -0.25) is 4.79 Å². The average Bonchev–Trinajstić information content (AvgIpc) is 2.38. The monoisotopic (exact) mass is 249 g/mol. The zero-order chi connectivity index (χ0) is 13.5. The first-order chi connectivity index (χ1) is 8.58. The van der Waals surface area contributed by atoms with Gasteiger partial charge < -0.3 is 10.2 Å². The van der Waals surface area contributed by atoms with Gasteiger partial charge in [0.2, 0.25) is 5.91 Å². The number of nitriles is 1. The van der Waals surface area contributed by atoms with Crippen LogP contribution in [0.5, 0.6) is 0 Å². The minimum Gasteiger partial charge on any atom is -0.359 e. The van der Waals surface area contributed by atoms with Crippen molar-refractivity contribution in [3.05, 3.63) is 35.1 Å². The van der Waals surface area contributed by atoms with Crippen LogP contribution in [0.4, 0.5) is 4.39 Å². The second kappa shape index (κ2) is 6.72. The molecule has 0 aliphatic heterocycles. The lowest BCUT2D eigenvalue weighted by Crippen LogP contribution is -2.26. The average molecular weight is 249 g/mol. The van der Waals surface area contributed by atoms with E-state index in [0.29, 0.717) is 25.1 Å². The summed E-state index contributed by atoms with van der Waals surface area (Å²) in [6.45, 7) is 0.911. The summed E-state index contributed by atoms with van der Waals surface area (Å²) in [5.74, 6) is -0.528. The normalized spacial score (nSPS) is 10.2. The van der Waals surface area contributed by atoms with Crippen molar-refractivity contribution in [1.82, 2.24) is 10.2 Å². The van der Waals surface area contributed by atoms with Crippen LogP contribution in [0.2, 0.25) is 0 Å². The van der Waals surface area contributed by atoms with Crippen LogP contribution in [-0.2, 0) is 11.3 Å². The highest BCUT2D eigenvalue weighted by atomic mass is 19.1. The molecule has 0 radical (unpaired) electrons. The van der Waals surface area contributed by atoms with Crippen molar-refractivity contribution in [1.29, 1.82) is 5.26 Å². The second-order valence-corrected chi connectivity index (χ2v) is 4.05. The topological polar surface area (TPSA) is 56.1 Å². The zero-order valence-electron chi connectivity index (χ0n) is 10.5. The quantitative estimate of drug-likeness (QED) is 0.854. The molecule has 0 heterocycles. The fourth-order valence-corrected chi connectivity index (χ4v) is 1.58. The third-order valence-corrected chi connectivity index (χ3v) is 2.64. The lowest BCUT2D eigenvalue weighted by atomic mass is 10.1. The summed E-state index contributed by atoms with van der Waals surface area (Å²) < 4.78 is 13.8. The van der Waals surface area contributed by atoms with Gasteiger partial charge in [-0.15, -0.1) is 0 Å². The van der Waals surface area contributed by atoms with Crippen LogP contribution >= 0.6 is 0 Å². The van der Waals surface area contributed by atoms with Gasteiger partial charge in [-0.2, -0.15) is 5.26 Å². The molecular weight excluding hydrogens is 233 g/mol. The van der Waals surface area contributed by atoms with Gasteiger partial charge in [-0.25, -0.2) is 4.39 Å². The molecule has 0 aromatic heterocycles.